The first-order valence-electron chi connectivity index (χ1n) is 20.7. The van der Waals surface area contributed by atoms with Gasteiger partial charge in [0.1, 0.15) is 36.3 Å². The highest BCUT2D eigenvalue weighted by Crippen LogP contribution is 2.12. The monoisotopic (exact) mass is 851 g/mol. The molecule has 0 heterocycles. The molecule has 0 bridgehead atoms. The normalized spacial score (nSPS) is 14.6. The molecule has 7 unspecified atom stereocenters. The summed E-state index contributed by atoms with van der Waals surface area (Å²) in [5, 5.41) is 25.4. The van der Waals surface area contributed by atoms with Crippen LogP contribution in [0.1, 0.15) is 84.3 Å². The Kier molecular flexibility index (Phi) is 22.1. The van der Waals surface area contributed by atoms with Gasteiger partial charge in [-0.15, -0.1) is 0 Å². The van der Waals surface area contributed by atoms with Gasteiger partial charge in [-0.3, -0.25) is 33.6 Å². The van der Waals surface area contributed by atoms with Gasteiger partial charge in [-0.25, -0.2) is 4.79 Å². The summed E-state index contributed by atoms with van der Waals surface area (Å²) in [6.45, 7) is 9.00. The second-order valence-corrected chi connectivity index (χ2v) is 15.9. The minimum Gasteiger partial charge on any atom is -0.480 e. The molecule has 0 spiro atoms. The summed E-state index contributed by atoms with van der Waals surface area (Å²) in [4.78, 5) is 105. The third-order valence-electron chi connectivity index (χ3n) is 9.77. The quantitative estimate of drug-likeness (QED) is 0.0530. The number of carboxylic acid groups (broad SMARTS) is 1. The zero-order chi connectivity index (χ0) is 45.6. The molecule has 0 aliphatic heterocycles. The van der Waals surface area contributed by atoms with E-state index in [2.05, 4.69) is 31.9 Å². The number of nitrogens with one attached hydrogen (secondary N) is 6. The van der Waals surface area contributed by atoms with E-state index in [4.69, 9.17) is 17.2 Å². The van der Waals surface area contributed by atoms with Gasteiger partial charge in [0.05, 0.1) is 6.04 Å². The highest BCUT2D eigenvalue weighted by molar-refractivity contribution is 5.97. The van der Waals surface area contributed by atoms with E-state index in [0.717, 1.165) is 0 Å². The molecule has 13 N–H and O–H groups in total. The Balaban J connectivity index is 2.37. The molecule has 2 aromatic rings. The van der Waals surface area contributed by atoms with Crippen molar-refractivity contribution in [2.45, 2.75) is 128 Å². The van der Waals surface area contributed by atoms with Gasteiger partial charge in [-0.2, -0.15) is 0 Å². The van der Waals surface area contributed by atoms with E-state index >= 15 is 0 Å². The maximum absolute atomic E-state index is 14.2. The lowest BCUT2D eigenvalue weighted by atomic mass is 9.98. The van der Waals surface area contributed by atoms with E-state index in [-0.39, 0.29) is 38.0 Å². The first kappa shape index (κ1) is 51.3. The number of nitrogens with two attached hydrogens (primary N) is 3. The molecular formula is C43H65N9O9. The molecule has 7 amide bonds. The Morgan fingerprint density at radius 1 is 0.574 bits per heavy atom. The van der Waals surface area contributed by atoms with Crippen LogP contribution in [0, 0.1) is 11.8 Å². The first-order valence-corrected chi connectivity index (χ1v) is 20.7. The maximum atomic E-state index is 14.2. The van der Waals surface area contributed by atoms with Gasteiger partial charge in [0, 0.05) is 19.3 Å². The van der Waals surface area contributed by atoms with Gasteiger partial charge >= 0.3 is 5.97 Å². The van der Waals surface area contributed by atoms with Crippen molar-refractivity contribution in [3.8, 4) is 0 Å². The fraction of sp³-hybridized carbons (Fsp3) is 0.535. The van der Waals surface area contributed by atoms with E-state index < -0.39 is 95.5 Å². The molecule has 0 aliphatic carbocycles. The second kappa shape index (κ2) is 26.4. The number of unbranched alkanes of at least 4 members (excludes halogenated alkanes) is 1. The van der Waals surface area contributed by atoms with E-state index in [1.54, 1.807) is 74.5 Å². The summed E-state index contributed by atoms with van der Waals surface area (Å²) < 4.78 is 0. The number of carbonyl (C=O) groups is 8. The third-order valence-corrected chi connectivity index (χ3v) is 9.77. The van der Waals surface area contributed by atoms with Gasteiger partial charge in [0.25, 0.3) is 0 Å². The maximum Gasteiger partial charge on any atom is 0.326 e. The van der Waals surface area contributed by atoms with E-state index in [9.17, 15) is 43.5 Å². The Hall–Kier alpha value is -5.88. The zero-order valence-electron chi connectivity index (χ0n) is 35.8. The second-order valence-electron chi connectivity index (χ2n) is 15.9. The van der Waals surface area contributed by atoms with Crippen LogP contribution in [0.15, 0.2) is 60.7 Å². The fourth-order valence-electron chi connectivity index (χ4n) is 6.28. The fourth-order valence-corrected chi connectivity index (χ4v) is 6.28. The van der Waals surface area contributed by atoms with Crippen LogP contribution >= 0.6 is 0 Å². The molecule has 0 aromatic heterocycles. The lowest BCUT2D eigenvalue weighted by molar-refractivity contribution is -0.142. The van der Waals surface area contributed by atoms with Crippen LogP contribution in [0.25, 0.3) is 0 Å². The summed E-state index contributed by atoms with van der Waals surface area (Å²) >= 11 is 0. The van der Waals surface area contributed by atoms with Gasteiger partial charge in [-0.1, -0.05) is 94.8 Å². The smallest absolute Gasteiger partial charge is 0.326 e. The van der Waals surface area contributed by atoms with Crippen molar-refractivity contribution in [1.82, 2.24) is 31.9 Å². The highest BCUT2D eigenvalue weighted by atomic mass is 16.4. The highest BCUT2D eigenvalue weighted by Gasteiger charge is 2.34. The van der Waals surface area contributed by atoms with E-state index in [1.165, 1.54) is 6.92 Å². The first-order chi connectivity index (χ1) is 28.8. The number of carboxylic acids is 1. The van der Waals surface area contributed by atoms with Crippen LogP contribution in [0.3, 0.4) is 0 Å². The molecule has 18 nitrogen and oxygen atoms in total. The van der Waals surface area contributed by atoms with Crippen molar-refractivity contribution in [1.29, 1.82) is 0 Å². The van der Waals surface area contributed by atoms with Gasteiger partial charge in [0.2, 0.25) is 41.4 Å². The third kappa shape index (κ3) is 18.9. The summed E-state index contributed by atoms with van der Waals surface area (Å²) in [6.07, 6.45) is 1.39. The number of benzene rings is 2. The van der Waals surface area contributed by atoms with Gasteiger partial charge < -0.3 is 54.2 Å². The number of primary amides is 1. The van der Waals surface area contributed by atoms with E-state index in [1.807, 2.05) is 13.8 Å². The van der Waals surface area contributed by atoms with Crippen molar-refractivity contribution in [3.05, 3.63) is 71.8 Å². The van der Waals surface area contributed by atoms with Crippen LogP contribution in [-0.4, -0.2) is 101 Å². The molecule has 2 rings (SSSR count). The molecular weight excluding hydrogens is 787 g/mol. The molecule has 0 fully saturated rings. The van der Waals surface area contributed by atoms with Gasteiger partial charge in [0.15, 0.2) is 0 Å². The largest absolute Gasteiger partial charge is 0.480 e. The molecule has 336 valence electrons. The number of hydrogen-bond acceptors (Lipinski definition) is 10. The molecule has 0 radical (unpaired) electrons. The topological polar surface area (TPSA) is 307 Å². The SMILES string of the molecule is CC(C)CC(NC(=O)C(N)CCCCN)C(=O)NC(C(=O)NC(Cc1ccccc1)C(=O)NC(Cc1ccccc1)C(=O)NC(C)C(=O)NC(CCC(N)=O)C(=O)O)C(C)C. The Labute approximate surface area is 357 Å². The minimum atomic E-state index is -1.45. The van der Waals surface area contributed by atoms with Crippen LogP contribution in [0.2, 0.25) is 0 Å². The average Bonchev–Trinajstić information content (AvgIpc) is 3.20. The summed E-state index contributed by atoms with van der Waals surface area (Å²) in [6, 6.07) is 9.29. The summed E-state index contributed by atoms with van der Waals surface area (Å²) in [5.41, 5.74) is 18.1. The predicted molar refractivity (Wildman–Crippen MR) is 229 cm³/mol. The molecule has 0 aliphatic rings. The Morgan fingerprint density at radius 3 is 1.52 bits per heavy atom. The van der Waals surface area contributed by atoms with Crippen molar-refractivity contribution < 1.29 is 43.5 Å². The molecule has 2 aromatic carbocycles. The molecule has 61 heavy (non-hydrogen) atoms. The predicted octanol–water partition coefficient (Wildman–Crippen LogP) is -0.0910. The summed E-state index contributed by atoms with van der Waals surface area (Å²) in [7, 11) is 0. The number of amides is 7. The Bertz CT molecular complexity index is 1760. The number of hydrogen-bond donors (Lipinski definition) is 10. The van der Waals surface area contributed by atoms with Crippen LogP contribution in [0.4, 0.5) is 0 Å². The minimum absolute atomic E-state index is 0.00832. The number of aliphatic carboxylic acids is 1. The van der Waals surface area contributed by atoms with Crippen molar-refractivity contribution in [3.63, 3.8) is 0 Å². The van der Waals surface area contributed by atoms with Crippen LogP contribution < -0.4 is 49.1 Å². The number of rotatable bonds is 27. The van der Waals surface area contributed by atoms with Crippen LogP contribution in [-0.2, 0) is 51.2 Å². The molecule has 0 saturated heterocycles. The molecule has 0 saturated carbocycles. The Morgan fingerprint density at radius 2 is 1.05 bits per heavy atom. The van der Waals surface area contributed by atoms with Crippen molar-refractivity contribution in [2.24, 2.45) is 29.0 Å². The van der Waals surface area contributed by atoms with Crippen molar-refractivity contribution in [2.75, 3.05) is 6.54 Å². The van der Waals surface area contributed by atoms with E-state index in [0.29, 0.717) is 36.9 Å². The lowest BCUT2D eigenvalue weighted by Gasteiger charge is -2.29. The van der Waals surface area contributed by atoms with Gasteiger partial charge in [-0.05, 0) is 62.1 Å². The lowest BCUT2D eigenvalue weighted by Crippen LogP contribution is -2.61. The molecule has 18 heteroatoms. The summed E-state index contributed by atoms with van der Waals surface area (Å²) in [5.74, 6) is -6.81. The standard InChI is InChI=1S/C43H65N9O9/c1-25(2)22-32(49-38(55)30(45)18-12-13-21-44)41(58)52-36(26(3)4)42(59)51-34(24-29-16-10-7-11-17-29)40(57)50-33(23-28-14-8-6-9-15-28)39(56)47-27(5)37(54)48-31(43(60)61)19-20-35(46)53/h6-11,14-17,25-27,30-34,36H,12-13,18-24,44-45H2,1-5H3,(H2,46,53)(H,47,56)(H,48,54)(H,49,55)(H,50,57)(H,51,59)(H,52,58)(H,60,61). The molecule has 7 atom stereocenters. The number of carbonyl (C=O) groups excluding carboxylic acids is 7. The zero-order valence-corrected chi connectivity index (χ0v) is 35.8. The van der Waals surface area contributed by atoms with Crippen molar-refractivity contribution >= 4 is 47.3 Å². The average molecular weight is 852 g/mol. The van der Waals surface area contributed by atoms with Crippen LogP contribution in [0.5, 0.6) is 0 Å².